The van der Waals surface area contributed by atoms with Crippen LogP contribution in [0.3, 0.4) is 0 Å². The van der Waals surface area contributed by atoms with Crippen LogP contribution in [-0.2, 0) is 0 Å². The topological polar surface area (TPSA) is 99.6 Å². The average molecular weight is 367 g/mol. The highest BCUT2D eigenvalue weighted by Gasteiger charge is 2.17. The van der Waals surface area contributed by atoms with Crippen LogP contribution in [0.15, 0.2) is 42.6 Å². The highest BCUT2D eigenvalue weighted by atomic mass is 16.4. The number of carboxylic acid groups (broad SMARTS) is 1. The van der Waals surface area contributed by atoms with Crippen LogP contribution in [0.4, 0.5) is 5.69 Å². The van der Waals surface area contributed by atoms with Gasteiger partial charge in [0, 0.05) is 36.1 Å². The van der Waals surface area contributed by atoms with Gasteiger partial charge in [-0.25, -0.2) is 9.78 Å². The summed E-state index contributed by atoms with van der Waals surface area (Å²) in [5.41, 5.74) is 1.13. The van der Waals surface area contributed by atoms with Gasteiger partial charge in [0.1, 0.15) is 5.69 Å². The fourth-order valence-electron chi connectivity index (χ4n) is 3.04. The number of hydrogen-bond donors (Lipinski definition) is 2. The predicted molar refractivity (Wildman–Crippen MR) is 100.0 cm³/mol. The standard InChI is InChI=1S/C20H21N3O4/c24-18(15-9-10-21-17(13-15)20(26)27)22-16-7-5-14(6-8-16)19(25)23-11-3-1-2-4-12-23/h5-10,13H,1-4,11-12H2,(H,22,24)(H,26,27). The van der Waals surface area contributed by atoms with Crippen molar-refractivity contribution >= 4 is 23.5 Å². The predicted octanol–water partition coefficient (Wildman–Crippen LogP) is 3.05. The number of likely N-dealkylation sites (tertiary alicyclic amines) is 1. The maximum absolute atomic E-state index is 12.6. The van der Waals surface area contributed by atoms with Crippen LogP contribution in [0, 0.1) is 0 Å². The molecule has 3 rings (SSSR count). The molecule has 1 fully saturated rings. The van der Waals surface area contributed by atoms with Crippen LogP contribution < -0.4 is 5.32 Å². The number of rotatable bonds is 4. The van der Waals surface area contributed by atoms with E-state index in [4.69, 9.17) is 5.11 Å². The third-order valence-electron chi connectivity index (χ3n) is 4.52. The molecule has 7 nitrogen and oxygen atoms in total. The van der Waals surface area contributed by atoms with Crippen molar-refractivity contribution in [3.05, 3.63) is 59.4 Å². The van der Waals surface area contributed by atoms with Crippen LogP contribution in [0.2, 0.25) is 0 Å². The average Bonchev–Trinajstić information content (AvgIpc) is 2.97. The van der Waals surface area contributed by atoms with Crippen molar-refractivity contribution in [1.29, 1.82) is 0 Å². The van der Waals surface area contributed by atoms with Gasteiger partial charge in [-0.1, -0.05) is 12.8 Å². The fourth-order valence-corrected chi connectivity index (χ4v) is 3.04. The zero-order valence-electron chi connectivity index (χ0n) is 14.9. The maximum atomic E-state index is 12.6. The van der Waals surface area contributed by atoms with Crippen molar-refractivity contribution in [2.24, 2.45) is 0 Å². The Hall–Kier alpha value is -3.22. The van der Waals surface area contributed by atoms with Gasteiger partial charge >= 0.3 is 5.97 Å². The molecule has 0 spiro atoms. The second kappa shape index (κ2) is 8.44. The van der Waals surface area contributed by atoms with Crippen molar-refractivity contribution in [1.82, 2.24) is 9.88 Å². The zero-order valence-corrected chi connectivity index (χ0v) is 14.9. The molecule has 27 heavy (non-hydrogen) atoms. The number of aromatic carboxylic acids is 1. The zero-order chi connectivity index (χ0) is 19.2. The van der Waals surface area contributed by atoms with Gasteiger partial charge in [-0.15, -0.1) is 0 Å². The summed E-state index contributed by atoms with van der Waals surface area (Å²) in [4.78, 5) is 41.4. The minimum Gasteiger partial charge on any atom is -0.477 e. The molecular weight excluding hydrogens is 346 g/mol. The number of hydrogen-bond acceptors (Lipinski definition) is 4. The smallest absolute Gasteiger partial charge is 0.354 e. The Labute approximate surface area is 157 Å². The SMILES string of the molecule is O=C(Nc1ccc(C(=O)N2CCCCCC2)cc1)c1ccnc(C(=O)O)c1. The monoisotopic (exact) mass is 367 g/mol. The summed E-state index contributed by atoms with van der Waals surface area (Å²) in [6.45, 7) is 1.57. The molecule has 2 amide bonds. The van der Waals surface area contributed by atoms with Gasteiger partial charge in [-0.2, -0.15) is 0 Å². The first-order valence-corrected chi connectivity index (χ1v) is 8.94. The largest absolute Gasteiger partial charge is 0.477 e. The highest BCUT2D eigenvalue weighted by Crippen LogP contribution is 2.16. The maximum Gasteiger partial charge on any atom is 0.354 e. The first-order chi connectivity index (χ1) is 13.0. The molecule has 0 atom stereocenters. The number of anilines is 1. The number of amides is 2. The lowest BCUT2D eigenvalue weighted by Crippen LogP contribution is -2.31. The van der Waals surface area contributed by atoms with Crippen LogP contribution in [0.1, 0.15) is 56.9 Å². The van der Waals surface area contributed by atoms with E-state index in [0.717, 1.165) is 38.8 Å². The molecule has 1 saturated heterocycles. The normalized spacial score (nSPS) is 14.3. The summed E-state index contributed by atoms with van der Waals surface area (Å²) in [6, 6.07) is 9.38. The molecule has 0 bridgehead atoms. The summed E-state index contributed by atoms with van der Waals surface area (Å²) in [6.07, 6.45) is 5.66. The third-order valence-corrected chi connectivity index (χ3v) is 4.52. The number of carbonyl (C=O) groups excluding carboxylic acids is 2. The van der Waals surface area contributed by atoms with E-state index < -0.39 is 11.9 Å². The minimum absolute atomic E-state index is 0.00927. The van der Waals surface area contributed by atoms with Gasteiger partial charge < -0.3 is 15.3 Å². The van der Waals surface area contributed by atoms with Crippen molar-refractivity contribution in [2.45, 2.75) is 25.7 Å². The molecule has 0 unspecified atom stereocenters. The van der Waals surface area contributed by atoms with Crippen LogP contribution in [0.5, 0.6) is 0 Å². The quantitative estimate of drug-likeness (QED) is 0.865. The number of nitrogens with one attached hydrogen (secondary N) is 1. The van der Waals surface area contributed by atoms with E-state index in [1.54, 1.807) is 24.3 Å². The second-order valence-corrected chi connectivity index (χ2v) is 6.47. The highest BCUT2D eigenvalue weighted by molar-refractivity contribution is 6.05. The molecule has 0 aliphatic carbocycles. The summed E-state index contributed by atoms with van der Waals surface area (Å²) >= 11 is 0. The van der Waals surface area contributed by atoms with Gasteiger partial charge in [-0.3, -0.25) is 9.59 Å². The summed E-state index contributed by atoms with van der Waals surface area (Å²) in [5, 5.41) is 11.7. The lowest BCUT2D eigenvalue weighted by Gasteiger charge is -2.20. The second-order valence-electron chi connectivity index (χ2n) is 6.47. The van der Waals surface area contributed by atoms with E-state index in [1.807, 2.05) is 4.90 Å². The fraction of sp³-hybridized carbons (Fsp3) is 0.300. The summed E-state index contributed by atoms with van der Waals surface area (Å²) < 4.78 is 0. The Bertz CT molecular complexity index is 841. The molecule has 140 valence electrons. The Balaban J connectivity index is 1.66. The molecule has 7 heteroatoms. The summed E-state index contributed by atoms with van der Waals surface area (Å²) in [7, 11) is 0. The van der Waals surface area contributed by atoms with E-state index in [-0.39, 0.29) is 17.2 Å². The lowest BCUT2D eigenvalue weighted by molar-refractivity contribution is 0.0689. The minimum atomic E-state index is -1.19. The van der Waals surface area contributed by atoms with Crippen LogP contribution in [-0.4, -0.2) is 45.9 Å². The van der Waals surface area contributed by atoms with E-state index >= 15 is 0 Å². The van der Waals surface area contributed by atoms with Crippen molar-refractivity contribution in [3.63, 3.8) is 0 Å². The number of carbonyl (C=O) groups is 3. The number of nitrogens with zero attached hydrogens (tertiary/aromatic N) is 2. The van der Waals surface area contributed by atoms with Crippen molar-refractivity contribution < 1.29 is 19.5 Å². The van der Waals surface area contributed by atoms with E-state index in [1.165, 1.54) is 18.3 Å². The first-order valence-electron chi connectivity index (χ1n) is 8.94. The molecule has 0 saturated carbocycles. The number of pyridine rings is 1. The number of carboxylic acids is 1. The number of benzene rings is 1. The Morgan fingerprint density at radius 1 is 0.926 bits per heavy atom. The van der Waals surface area contributed by atoms with Gasteiger partial charge in [0.25, 0.3) is 11.8 Å². The molecule has 2 aromatic rings. The van der Waals surface area contributed by atoms with Crippen LogP contribution in [0.25, 0.3) is 0 Å². The lowest BCUT2D eigenvalue weighted by atomic mass is 10.1. The van der Waals surface area contributed by atoms with Gasteiger partial charge in [0.05, 0.1) is 0 Å². The molecule has 1 aromatic carbocycles. The molecular formula is C20H21N3O4. The van der Waals surface area contributed by atoms with Crippen molar-refractivity contribution in [2.75, 3.05) is 18.4 Å². The number of aromatic nitrogens is 1. The summed E-state index contributed by atoms with van der Waals surface area (Å²) in [5.74, 6) is -1.62. The van der Waals surface area contributed by atoms with Gasteiger partial charge in [0.15, 0.2) is 0 Å². The molecule has 1 aliphatic rings. The molecule has 1 aliphatic heterocycles. The van der Waals surface area contributed by atoms with E-state index in [9.17, 15) is 14.4 Å². The first kappa shape index (κ1) is 18.6. The third kappa shape index (κ3) is 4.69. The van der Waals surface area contributed by atoms with E-state index in [0.29, 0.717) is 11.3 Å². The molecule has 2 heterocycles. The molecule has 0 radical (unpaired) electrons. The molecule has 1 aromatic heterocycles. The Morgan fingerprint density at radius 3 is 2.22 bits per heavy atom. The molecule has 2 N–H and O–H groups in total. The van der Waals surface area contributed by atoms with Crippen molar-refractivity contribution in [3.8, 4) is 0 Å². The van der Waals surface area contributed by atoms with Gasteiger partial charge in [0.2, 0.25) is 0 Å². The van der Waals surface area contributed by atoms with Gasteiger partial charge in [-0.05, 0) is 49.2 Å². The van der Waals surface area contributed by atoms with E-state index in [2.05, 4.69) is 10.3 Å². The Kier molecular flexibility index (Phi) is 5.80. The van der Waals surface area contributed by atoms with Crippen LogP contribution >= 0.6 is 0 Å². The Morgan fingerprint density at radius 2 is 1.59 bits per heavy atom.